The first-order chi connectivity index (χ1) is 30.1. The van der Waals surface area contributed by atoms with E-state index in [-0.39, 0.29) is 44.1 Å². The molecule has 3 heterocycles. The lowest BCUT2D eigenvalue weighted by Crippen LogP contribution is -2.52. The number of rotatable bonds is 24. The number of esters is 1. The molecule has 63 heavy (non-hydrogen) atoms. The number of aliphatic hydroxyl groups excluding tert-OH is 1. The lowest BCUT2D eigenvalue weighted by atomic mass is 9.90. The number of hydrogen-bond donors (Lipinski definition) is 3. The smallest absolute Gasteiger partial charge is 0.306 e. The number of fused-ring (bicyclic) bond motifs is 1. The van der Waals surface area contributed by atoms with Gasteiger partial charge < -0.3 is 43.8 Å². The topological polar surface area (TPSA) is 215 Å². The van der Waals surface area contributed by atoms with Crippen molar-refractivity contribution in [1.82, 2.24) is 30.4 Å². The van der Waals surface area contributed by atoms with Crippen LogP contribution in [0.1, 0.15) is 58.7 Å². The van der Waals surface area contributed by atoms with E-state index in [9.17, 15) is 24.3 Å². The highest BCUT2D eigenvalue weighted by Crippen LogP contribution is 2.26. The minimum atomic E-state index is -1.55. The summed E-state index contributed by atoms with van der Waals surface area (Å²) in [5, 5.41) is 20.9. The summed E-state index contributed by atoms with van der Waals surface area (Å²) < 4.78 is 35.4. The van der Waals surface area contributed by atoms with Gasteiger partial charge in [-0.25, -0.2) is 9.67 Å². The standard InChI is InChI=1S/C46H58N6O11/c1-30(2)24-38(49-44(57)42(55)32(25-31-10-8-7-9-11-31)26-41(54)63-46(3,4)5)43(56)47-18-19-58-20-21-59-22-23-60-35-13-12-33(48-28-35)29-61-34-14-16-39-37(27-34)50-45(62-39)36-15-17-40(53)52(6)51-36/h7-17,27-28,30,32,38,42,55H,18-26,29H2,1-6H3,(H,47,56)(H,49,57)/t32-,38-,42-/m0/s1. The third-order valence-electron chi connectivity index (χ3n) is 9.38. The lowest BCUT2D eigenvalue weighted by Gasteiger charge is -2.27. The fourth-order valence-corrected chi connectivity index (χ4v) is 6.36. The molecule has 0 radical (unpaired) electrons. The van der Waals surface area contributed by atoms with Crippen molar-refractivity contribution in [2.24, 2.45) is 18.9 Å². The zero-order valence-corrected chi connectivity index (χ0v) is 36.7. The molecule has 0 aliphatic heterocycles. The van der Waals surface area contributed by atoms with Crippen molar-refractivity contribution in [3.05, 3.63) is 101 Å². The number of oxazole rings is 1. The number of ether oxygens (including phenoxy) is 5. The number of nitrogens with zero attached hydrogens (tertiary/aromatic N) is 4. The first-order valence-corrected chi connectivity index (χ1v) is 21.0. The quantitative estimate of drug-likeness (QED) is 0.0572. The fourth-order valence-electron chi connectivity index (χ4n) is 6.36. The van der Waals surface area contributed by atoms with E-state index in [4.69, 9.17) is 28.1 Å². The highest BCUT2D eigenvalue weighted by atomic mass is 16.6. The molecule has 0 aliphatic rings. The fraction of sp³-hybridized carbons (Fsp3) is 0.457. The Morgan fingerprint density at radius 2 is 1.60 bits per heavy atom. The summed E-state index contributed by atoms with van der Waals surface area (Å²) in [6.07, 6.45) is 0.493. The first-order valence-electron chi connectivity index (χ1n) is 21.0. The number of aromatic nitrogens is 4. The van der Waals surface area contributed by atoms with Crippen molar-refractivity contribution < 1.29 is 47.6 Å². The summed E-state index contributed by atoms with van der Waals surface area (Å²) in [5.74, 6) is -0.901. The molecule has 3 N–H and O–H groups in total. The number of hydrogen-bond acceptors (Lipinski definition) is 14. The van der Waals surface area contributed by atoms with Gasteiger partial charge in [0.25, 0.3) is 5.56 Å². The molecule has 17 heteroatoms. The molecular formula is C46H58N6O11. The molecule has 0 saturated heterocycles. The van der Waals surface area contributed by atoms with Gasteiger partial charge in [-0.05, 0) is 75.4 Å². The van der Waals surface area contributed by atoms with Crippen LogP contribution in [0.15, 0.2) is 88.2 Å². The van der Waals surface area contributed by atoms with Crippen LogP contribution < -0.4 is 25.7 Å². The molecule has 2 amide bonds. The number of carbonyl (C=O) groups is 3. The molecule has 338 valence electrons. The molecule has 2 aromatic carbocycles. The Kier molecular flexibility index (Phi) is 17.7. The van der Waals surface area contributed by atoms with Crippen LogP contribution in [-0.4, -0.2) is 100.0 Å². The maximum absolute atomic E-state index is 13.3. The van der Waals surface area contributed by atoms with E-state index in [1.54, 1.807) is 70.4 Å². The Labute approximate surface area is 366 Å². The molecule has 17 nitrogen and oxygen atoms in total. The van der Waals surface area contributed by atoms with Crippen LogP contribution in [0.5, 0.6) is 11.5 Å². The Morgan fingerprint density at radius 1 is 0.873 bits per heavy atom. The van der Waals surface area contributed by atoms with Crippen LogP contribution >= 0.6 is 0 Å². The monoisotopic (exact) mass is 870 g/mol. The van der Waals surface area contributed by atoms with Crippen LogP contribution in [-0.2, 0) is 48.7 Å². The van der Waals surface area contributed by atoms with Gasteiger partial charge in [-0.15, -0.1) is 0 Å². The van der Waals surface area contributed by atoms with Gasteiger partial charge in [0.05, 0.1) is 44.7 Å². The summed E-state index contributed by atoms with van der Waals surface area (Å²) in [4.78, 5) is 59.8. The number of aryl methyl sites for hydroxylation is 1. The van der Waals surface area contributed by atoms with Crippen molar-refractivity contribution in [2.45, 2.75) is 78.2 Å². The second-order valence-electron chi connectivity index (χ2n) is 16.3. The van der Waals surface area contributed by atoms with Crippen LogP contribution in [0.3, 0.4) is 0 Å². The average Bonchev–Trinajstić information content (AvgIpc) is 3.67. The first kappa shape index (κ1) is 47.9. The molecular weight excluding hydrogens is 813 g/mol. The third-order valence-corrected chi connectivity index (χ3v) is 9.38. The number of aliphatic hydroxyl groups is 1. The van der Waals surface area contributed by atoms with Gasteiger partial charge in [-0.1, -0.05) is 44.2 Å². The van der Waals surface area contributed by atoms with Crippen molar-refractivity contribution in [2.75, 3.05) is 39.6 Å². The summed E-state index contributed by atoms with van der Waals surface area (Å²) in [6.45, 7) is 11.0. The Bertz CT molecular complexity index is 2290. The Hall–Kier alpha value is -6.17. The Morgan fingerprint density at radius 3 is 2.30 bits per heavy atom. The number of carbonyl (C=O) groups excluding carboxylic acids is 3. The predicted molar refractivity (Wildman–Crippen MR) is 233 cm³/mol. The van der Waals surface area contributed by atoms with Crippen molar-refractivity contribution in [3.63, 3.8) is 0 Å². The number of nitrogens with one attached hydrogen (secondary N) is 2. The summed E-state index contributed by atoms with van der Waals surface area (Å²) >= 11 is 0. The maximum atomic E-state index is 13.3. The zero-order chi connectivity index (χ0) is 45.4. The zero-order valence-electron chi connectivity index (χ0n) is 36.7. The minimum absolute atomic E-state index is 0.0672. The normalized spacial score (nSPS) is 13.0. The number of amides is 2. The minimum Gasteiger partial charge on any atom is -0.490 e. The van der Waals surface area contributed by atoms with Gasteiger partial charge in [0.1, 0.15) is 53.7 Å². The summed E-state index contributed by atoms with van der Waals surface area (Å²) in [6, 6.07) is 20.2. The summed E-state index contributed by atoms with van der Waals surface area (Å²) in [5.41, 5.74) is 2.19. The van der Waals surface area contributed by atoms with Crippen molar-refractivity contribution >= 4 is 28.9 Å². The van der Waals surface area contributed by atoms with Gasteiger partial charge in [0, 0.05) is 31.6 Å². The molecule has 3 atom stereocenters. The molecule has 5 rings (SSSR count). The van der Waals surface area contributed by atoms with E-state index in [0.29, 0.717) is 72.7 Å². The highest BCUT2D eigenvalue weighted by Gasteiger charge is 2.33. The van der Waals surface area contributed by atoms with Crippen molar-refractivity contribution in [1.29, 1.82) is 0 Å². The predicted octanol–water partition coefficient (Wildman–Crippen LogP) is 4.57. The van der Waals surface area contributed by atoms with E-state index in [2.05, 4.69) is 25.7 Å². The Balaban J connectivity index is 0.957. The largest absolute Gasteiger partial charge is 0.490 e. The van der Waals surface area contributed by atoms with Crippen LogP contribution in [0.2, 0.25) is 0 Å². The molecule has 0 bridgehead atoms. The molecule has 0 saturated carbocycles. The van der Waals surface area contributed by atoms with Gasteiger partial charge in [0.2, 0.25) is 17.7 Å². The second-order valence-corrected chi connectivity index (χ2v) is 16.3. The highest BCUT2D eigenvalue weighted by molar-refractivity contribution is 5.89. The van der Waals surface area contributed by atoms with Gasteiger partial charge in [-0.3, -0.25) is 24.2 Å². The maximum Gasteiger partial charge on any atom is 0.306 e. The van der Waals surface area contributed by atoms with Gasteiger partial charge >= 0.3 is 5.97 Å². The van der Waals surface area contributed by atoms with Crippen LogP contribution in [0.25, 0.3) is 22.7 Å². The van der Waals surface area contributed by atoms with E-state index < -0.39 is 41.4 Å². The molecule has 0 unspecified atom stereocenters. The van der Waals surface area contributed by atoms with E-state index in [1.165, 1.54) is 10.7 Å². The van der Waals surface area contributed by atoms with E-state index >= 15 is 0 Å². The molecule has 0 aliphatic carbocycles. The lowest BCUT2D eigenvalue weighted by molar-refractivity contribution is -0.157. The van der Waals surface area contributed by atoms with Crippen LogP contribution in [0.4, 0.5) is 0 Å². The third kappa shape index (κ3) is 15.9. The number of benzene rings is 2. The molecule has 0 spiro atoms. The van der Waals surface area contributed by atoms with E-state index in [1.807, 2.05) is 44.2 Å². The SMILES string of the molecule is CC(C)C[C@H](NC(=O)[C@@H](O)[C@H](CC(=O)OC(C)(C)C)Cc1ccccc1)C(=O)NCCOCCOCCOc1ccc(COc2ccc3oc(-c4ccc(=O)n(C)n4)nc3c2)nc1. The van der Waals surface area contributed by atoms with Crippen LogP contribution in [0, 0.1) is 11.8 Å². The van der Waals surface area contributed by atoms with Gasteiger partial charge in [0.15, 0.2) is 5.58 Å². The van der Waals surface area contributed by atoms with Crippen molar-refractivity contribution in [3.8, 4) is 23.1 Å². The second kappa shape index (κ2) is 23.3. The summed E-state index contributed by atoms with van der Waals surface area (Å²) in [7, 11) is 1.56. The average molecular weight is 871 g/mol. The molecule has 5 aromatic rings. The van der Waals surface area contributed by atoms with E-state index in [0.717, 1.165) is 5.56 Å². The molecule has 0 fully saturated rings. The number of pyridine rings is 1. The molecule has 3 aromatic heterocycles. The van der Waals surface area contributed by atoms with Gasteiger partial charge in [-0.2, -0.15) is 5.10 Å².